The van der Waals surface area contributed by atoms with Crippen LogP contribution in [0, 0.1) is 6.92 Å². The maximum atomic E-state index is 11.7. The molecule has 7 heteroatoms. The van der Waals surface area contributed by atoms with Crippen molar-refractivity contribution in [3.8, 4) is 0 Å². The van der Waals surface area contributed by atoms with E-state index in [1.54, 1.807) is 44.2 Å². The fourth-order valence-corrected chi connectivity index (χ4v) is 1.89. The van der Waals surface area contributed by atoms with Gasteiger partial charge in [-0.1, -0.05) is 5.16 Å². The third-order valence-electron chi connectivity index (χ3n) is 2.97. The number of amides is 1. The molecule has 7 nitrogen and oxygen atoms in total. The second-order valence-electron chi connectivity index (χ2n) is 4.85. The average molecular weight is 317 g/mol. The fourth-order valence-electron chi connectivity index (χ4n) is 1.89. The first kappa shape index (κ1) is 16.5. The maximum Gasteiger partial charge on any atom is 0.338 e. The smallest absolute Gasteiger partial charge is 0.338 e. The Kier molecular flexibility index (Phi) is 5.74. The summed E-state index contributed by atoms with van der Waals surface area (Å²) in [6.45, 7) is 4.32. The Morgan fingerprint density at radius 2 is 2.00 bits per heavy atom. The fraction of sp³-hybridized carbons (Fsp3) is 0.312. The summed E-state index contributed by atoms with van der Waals surface area (Å²) in [5.41, 5.74) is 1.32. The number of benzene rings is 1. The highest BCUT2D eigenvalue weighted by Gasteiger charge is 2.07. The number of rotatable bonds is 7. The summed E-state index contributed by atoms with van der Waals surface area (Å²) in [6, 6.07) is 8.55. The van der Waals surface area contributed by atoms with Crippen molar-refractivity contribution in [1.82, 2.24) is 5.16 Å². The van der Waals surface area contributed by atoms with Gasteiger partial charge < -0.3 is 19.9 Å². The van der Waals surface area contributed by atoms with Crippen LogP contribution >= 0.6 is 0 Å². The summed E-state index contributed by atoms with van der Waals surface area (Å²) < 4.78 is 9.78. The van der Waals surface area contributed by atoms with Crippen LogP contribution in [0.3, 0.4) is 0 Å². The zero-order chi connectivity index (χ0) is 16.7. The summed E-state index contributed by atoms with van der Waals surface area (Å²) in [5.74, 6) is 0.543. The second-order valence-corrected chi connectivity index (χ2v) is 4.85. The highest BCUT2D eigenvalue weighted by Crippen LogP contribution is 2.11. The molecule has 0 unspecified atom stereocenters. The SMILES string of the molecule is CCOC(=O)c1ccc(NCCC(=O)Nc2cc(C)on2)cc1. The molecule has 1 aromatic carbocycles. The Labute approximate surface area is 134 Å². The van der Waals surface area contributed by atoms with Gasteiger partial charge in [0, 0.05) is 24.7 Å². The van der Waals surface area contributed by atoms with Crippen molar-refractivity contribution in [2.45, 2.75) is 20.3 Å². The standard InChI is InChI=1S/C16H19N3O4/c1-3-22-16(21)12-4-6-13(7-5-12)17-9-8-15(20)18-14-10-11(2)23-19-14/h4-7,10,17H,3,8-9H2,1-2H3,(H,18,19,20). The molecule has 2 aromatic rings. The lowest BCUT2D eigenvalue weighted by Crippen LogP contribution is -2.16. The molecule has 2 N–H and O–H groups in total. The first-order valence-electron chi connectivity index (χ1n) is 7.32. The molecule has 23 heavy (non-hydrogen) atoms. The van der Waals surface area contributed by atoms with Gasteiger partial charge in [0.1, 0.15) is 5.76 Å². The number of hydrogen-bond donors (Lipinski definition) is 2. The quantitative estimate of drug-likeness (QED) is 0.762. The summed E-state index contributed by atoms with van der Waals surface area (Å²) in [5, 5.41) is 9.44. The Morgan fingerprint density at radius 3 is 2.61 bits per heavy atom. The Hall–Kier alpha value is -2.83. The maximum absolute atomic E-state index is 11.7. The molecule has 1 amide bonds. The average Bonchev–Trinajstić information content (AvgIpc) is 2.93. The number of aromatic nitrogens is 1. The number of hydrogen-bond acceptors (Lipinski definition) is 6. The van der Waals surface area contributed by atoms with Gasteiger partial charge in [-0.2, -0.15) is 0 Å². The zero-order valence-electron chi connectivity index (χ0n) is 13.1. The molecule has 0 atom stereocenters. The second kappa shape index (κ2) is 7.98. The highest BCUT2D eigenvalue weighted by molar-refractivity contribution is 5.90. The molecule has 0 radical (unpaired) electrons. The van der Waals surface area contributed by atoms with E-state index in [9.17, 15) is 9.59 Å². The van der Waals surface area contributed by atoms with Crippen molar-refractivity contribution in [1.29, 1.82) is 0 Å². The van der Waals surface area contributed by atoms with Crippen LogP contribution in [0.2, 0.25) is 0 Å². The topological polar surface area (TPSA) is 93.5 Å². The molecular weight excluding hydrogens is 298 g/mol. The van der Waals surface area contributed by atoms with E-state index in [1.807, 2.05) is 0 Å². The van der Waals surface area contributed by atoms with Crippen molar-refractivity contribution in [2.24, 2.45) is 0 Å². The lowest BCUT2D eigenvalue weighted by atomic mass is 10.2. The third-order valence-corrected chi connectivity index (χ3v) is 2.97. The predicted molar refractivity (Wildman–Crippen MR) is 85.4 cm³/mol. The van der Waals surface area contributed by atoms with Crippen molar-refractivity contribution < 1.29 is 18.8 Å². The van der Waals surface area contributed by atoms with E-state index in [2.05, 4.69) is 15.8 Å². The van der Waals surface area contributed by atoms with Crippen molar-refractivity contribution in [3.63, 3.8) is 0 Å². The van der Waals surface area contributed by atoms with Gasteiger partial charge in [0.2, 0.25) is 5.91 Å². The number of aryl methyl sites for hydroxylation is 1. The minimum Gasteiger partial charge on any atom is -0.462 e. The van der Waals surface area contributed by atoms with Crippen LogP contribution in [0.4, 0.5) is 11.5 Å². The Bertz CT molecular complexity index is 664. The molecule has 122 valence electrons. The third kappa shape index (κ3) is 5.14. The molecule has 1 heterocycles. The molecule has 0 bridgehead atoms. The number of carbonyl (C=O) groups is 2. The van der Waals surface area contributed by atoms with E-state index in [1.165, 1.54) is 0 Å². The number of nitrogens with zero attached hydrogens (tertiary/aromatic N) is 1. The molecule has 1 aromatic heterocycles. The largest absolute Gasteiger partial charge is 0.462 e. The molecular formula is C16H19N3O4. The molecule has 0 saturated heterocycles. The molecule has 2 rings (SSSR count). The van der Waals surface area contributed by atoms with Crippen molar-refractivity contribution in [3.05, 3.63) is 41.7 Å². The van der Waals surface area contributed by atoms with Crippen LogP contribution in [0.5, 0.6) is 0 Å². The molecule has 0 aliphatic heterocycles. The minimum atomic E-state index is -0.346. The Morgan fingerprint density at radius 1 is 1.26 bits per heavy atom. The first-order valence-corrected chi connectivity index (χ1v) is 7.32. The van der Waals surface area contributed by atoms with Gasteiger partial charge in [0.25, 0.3) is 0 Å². The Balaban J connectivity index is 1.75. The number of carbonyl (C=O) groups excluding carboxylic acids is 2. The summed E-state index contributed by atoms with van der Waals surface area (Å²) in [7, 11) is 0. The van der Waals surface area contributed by atoms with Crippen LogP contribution in [-0.4, -0.2) is 30.2 Å². The number of nitrogens with one attached hydrogen (secondary N) is 2. The van der Waals surface area contributed by atoms with Crippen LogP contribution in [0.25, 0.3) is 0 Å². The normalized spacial score (nSPS) is 10.2. The molecule has 0 fully saturated rings. The van der Waals surface area contributed by atoms with Crippen molar-refractivity contribution in [2.75, 3.05) is 23.8 Å². The zero-order valence-corrected chi connectivity index (χ0v) is 13.1. The van der Waals surface area contributed by atoms with Crippen LogP contribution in [0.1, 0.15) is 29.5 Å². The van der Waals surface area contributed by atoms with Gasteiger partial charge in [-0.25, -0.2) is 4.79 Å². The predicted octanol–water partition coefficient (Wildman–Crippen LogP) is 2.60. The van der Waals surface area contributed by atoms with E-state index in [0.717, 1.165) is 5.69 Å². The molecule has 0 aliphatic carbocycles. The summed E-state index contributed by atoms with van der Waals surface area (Å²) in [4.78, 5) is 23.3. The van der Waals surface area contributed by atoms with Gasteiger partial charge in [-0.15, -0.1) is 0 Å². The minimum absolute atomic E-state index is 0.158. The van der Waals surface area contributed by atoms with Gasteiger partial charge in [-0.3, -0.25) is 4.79 Å². The highest BCUT2D eigenvalue weighted by atomic mass is 16.5. The van der Waals surface area contributed by atoms with E-state index >= 15 is 0 Å². The van der Waals surface area contributed by atoms with Crippen LogP contribution in [-0.2, 0) is 9.53 Å². The van der Waals surface area contributed by atoms with Gasteiger partial charge >= 0.3 is 5.97 Å². The number of anilines is 2. The summed E-state index contributed by atoms with van der Waals surface area (Å²) >= 11 is 0. The van der Waals surface area contributed by atoms with Gasteiger partial charge in [0.05, 0.1) is 12.2 Å². The molecule has 0 aliphatic rings. The summed E-state index contributed by atoms with van der Waals surface area (Å²) in [6.07, 6.45) is 0.283. The lowest BCUT2D eigenvalue weighted by Gasteiger charge is -2.07. The van der Waals surface area contributed by atoms with Crippen molar-refractivity contribution >= 4 is 23.4 Å². The van der Waals surface area contributed by atoms with Gasteiger partial charge in [0.15, 0.2) is 5.82 Å². The first-order chi connectivity index (χ1) is 11.1. The van der Waals surface area contributed by atoms with E-state index in [-0.39, 0.29) is 18.3 Å². The lowest BCUT2D eigenvalue weighted by molar-refractivity contribution is -0.116. The van der Waals surface area contributed by atoms with E-state index in [4.69, 9.17) is 9.26 Å². The van der Waals surface area contributed by atoms with E-state index < -0.39 is 0 Å². The van der Waals surface area contributed by atoms with Crippen LogP contribution < -0.4 is 10.6 Å². The monoisotopic (exact) mass is 317 g/mol. The van der Waals surface area contributed by atoms with Gasteiger partial charge in [-0.05, 0) is 38.1 Å². The molecule has 0 spiro atoms. The number of esters is 1. The van der Waals surface area contributed by atoms with Crippen LogP contribution in [0.15, 0.2) is 34.9 Å². The molecule has 0 saturated carbocycles. The van der Waals surface area contributed by atoms with E-state index in [0.29, 0.717) is 30.3 Å². The number of ether oxygens (including phenoxy) is 1.